The Labute approximate surface area is 131 Å². The smallest absolute Gasteiger partial charge is 0.180 e. The minimum absolute atomic E-state index is 0.227. The van der Waals surface area contributed by atoms with Gasteiger partial charge in [0.05, 0.1) is 11.3 Å². The molecule has 0 unspecified atom stereocenters. The molecule has 22 heavy (non-hydrogen) atoms. The van der Waals surface area contributed by atoms with Crippen LogP contribution in [0.15, 0.2) is 59.6 Å². The van der Waals surface area contributed by atoms with Crippen LogP contribution in [0.4, 0.5) is 0 Å². The Bertz CT molecular complexity index is 651. The van der Waals surface area contributed by atoms with Crippen LogP contribution in [0.25, 0.3) is 0 Å². The molecule has 3 heteroatoms. The lowest BCUT2D eigenvalue weighted by Gasteiger charge is -2.27. The molecule has 0 spiro atoms. The molecule has 0 radical (unpaired) electrons. The third-order valence-electron chi connectivity index (χ3n) is 4.22. The quantitative estimate of drug-likeness (QED) is 0.895. The third-order valence-corrected chi connectivity index (χ3v) is 4.22. The summed E-state index contributed by atoms with van der Waals surface area (Å²) in [5.74, 6) is 0.383. The van der Waals surface area contributed by atoms with E-state index in [0.29, 0.717) is 5.75 Å². The first-order chi connectivity index (χ1) is 10.8. The summed E-state index contributed by atoms with van der Waals surface area (Å²) in [6.07, 6.45) is 3.25. The molecule has 0 saturated carbocycles. The van der Waals surface area contributed by atoms with E-state index in [2.05, 4.69) is 36.5 Å². The van der Waals surface area contributed by atoms with E-state index in [-0.39, 0.29) is 12.2 Å². The van der Waals surface area contributed by atoms with E-state index in [1.54, 1.807) is 6.07 Å². The van der Waals surface area contributed by atoms with Gasteiger partial charge in [0, 0.05) is 12.8 Å². The van der Waals surface area contributed by atoms with E-state index < -0.39 is 0 Å². The lowest BCUT2D eigenvalue weighted by molar-refractivity contribution is -0.729. The number of aromatic hydroxyl groups is 1. The molecular weight excluding hydrogens is 272 g/mol. The predicted molar refractivity (Wildman–Crippen MR) is 89.1 cm³/mol. The van der Waals surface area contributed by atoms with Gasteiger partial charge in [0.15, 0.2) is 6.17 Å². The maximum absolute atomic E-state index is 10.2. The maximum Gasteiger partial charge on any atom is 0.180 e. The SMILES string of the molecule is CCC[C@@H]1N=C(c2ccccc2)C[C@@H](c2ccccc2O)[NH2+]1. The van der Waals surface area contributed by atoms with Crippen LogP contribution in [-0.4, -0.2) is 17.0 Å². The van der Waals surface area contributed by atoms with Gasteiger partial charge in [0.1, 0.15) is 11.8 Å². The Morgan fingerprint density at radius 1 is 1.09 bits per heavy atom. The summed E-state index contributed by atoms with van der Waals surface area (Å²) in [6, 6.07) is 18.3. The third kappa shape index (κ3) is 3.20. The number of phenols is 1. The van der Waals surface area contributed by atoms with E-state index in [1.165, 1.54) is 5.56 Å². The number of quaternary nitrogens is 1. The van der Waals surface area contributed by atoms with Crippen molar-refractivity contribution >= 4 is 5.71 Å². The van der Waals surface area contributed by atoms with Crippen molar-refractivity contribution in [2.45, 2.75) is 38.4 Å². The van der Waals surface area contributed by atoms with Crippen LogP contribution in [0.3, 0.4) is 0 Å². The summed E-state index contributed by atoms with van der Waals surface area (Å²) in [4.78, 5) is 4.93. The summed E-state index contributed by atoms with van der Waals surface area (Å²) in [7, 11) is 0. The standard InChI is InChI=1S/C19H22N2O/c1-2-8-19-20-16(14-9-4-3-5-10-14)13-17(21-19)15-11-6-7-12-18(15)22/h3-7,9-12,17,19,21-22H,2,8,13H2,1H3/p+1/t17-,19+/m0/s1. The molecule has 1 aliphatic heterocycles. The molecule has 2 aromatic carbocycles. The van der Waals surface area contributed by atoms with Crippen LogP contribution in [0.1, 0.15) is 43.4 Å². The van der Waals surface area contributed by atoms with Gasteiger partial charge in [0.25, 0.3) is 0 Å². The second-order valence-corrected chi connectivity index (χ2v) is 5.86. The van der Waals surface area contributed by atoms with Gasteiger partial charge in [-0.1, -0.05) is 49.4 Å². The zero-order valence-corrected chi connectivity index (χ0v) is 12.9. The molecule has 2 atom stereocenters. The Kier molecular flexibility index (Phi) is 4.54. The summed E-state index contributed by atoms with van der Waals surface area (Å²) in [6.45, 7) is 2.19. The van der Waals surface area contributed by atoms with Crippen molar-refractivity contribution in [2.75, 3.05) is 0 Å². The van der Waals surface area contributed by atoms with Crippen molar-refractivity contribution in [2.24, 2.45) is 4.99 Å². The molecule has 3 rings (SSSR count). The van der Waals surface area contributed by atoms with Crippen molar-refractivity contribution in [3.05, 3.63) is 65.7 Å². The number of hydrogen-bond donors (Lipinski definition) is 2. The molecule has 0 saturated heterocycles. The molecule has 3 N–H and O–H groups in total. The largest absolute Gasteiger partial charge is 0.507 e. The highest BCUT2D eigenvalue weighted by Crippen LogP contribution is 2.27. The van der Waals surface area contributed by atoms with E-state index in [0.717, 1.165) is 30.5 Å². The molecule has 1 heterocycles. The molecule has 0 amide bonds. The Morgan fingerprint density at radius 3 is 2.55 bits per heavy atom. The first-order valence-electron chi connectivity index (χ1n) is 8.03. The number of benzene rings is 2. The molecule has 0 bridgehead atoms. The second kappa shape index (κ2) is 6.75. The molecule has 0 aliphatic carbocycles. The summed E-state index contributed by atoms with van der Waals surface area (Å²) >= 11 is 0. The monoisotopic (exact) mass is 295 g/mol. The lowest BCUT2D eigenvalue weighted by Crippen LogP contribution is -2.91. The number of nitrogens with two attached hydrogens (primary N) is 1. The van der Waals surface area contributed by atoms with E-state index in [4.69, 9.17) is 4.99 Å². The van der Waals surface area contributed by atoms with Crippen molar-refractivity contribution in [1.29, 1.82) is 0 Å². The molecule has 2 aromatic rings. The highest BCUT2D eigenvalue weighted by molar-refractivity contribution is 6.01. The number of nitrogens with zero attached hydrogens (tertiary/aromatic N) is 1. The fourth-order valence-corrected chi connectivity index (χ4v) is 3.13. The van der Waals surface area contributed by atoms with Gasteiger partial charge in [-0.3, -0.25) is 0 Å². The van der Waals surface area contributed by atoms with Crippen molar-refractivity contribution in [3.8, 4) is 5.75 Å². The molecule has 0 aromatic heterocycles. The van der Waals surface area contributed by atoms with Crippen molar-refractivity contribution in [1.82, 2.24) is 0 Å². The molecule has 0 fully saturated rings. The molecule has 3 nitrogen and oxygen atoms in total. The minimum Gasteiger partial charge on any atom is -0.507 e. The second-order valence-electron chi connectivity index (χ2n) is 5.86. The van der Waals surface area contributed by atoms with Crippen LogP contribution < -0.4 is 5.32 Å². The van der Waals surface area contributed by atoms with Gasteiger partial charge in [-0.15, -0.1) is 0 Å². The van der Waals surface area contributed by atoms with Gasteiger partial charge >= 0.3 is 0 Å². The molecule has 1 aliphatic rings. The van der Waals surface area contributed by atoms with Gasteiger partial charge in [0.2, 0.25) is 0 Å². The van der Waals surface area contributed by atoms with Gasteiger partial charge < -0.3 is 10.4 Å². The number of para-hydroxylation sites is 1. The molecular formula is C19H23N2O+. The first-order valence-corrected chi connectivity index (χ1v) is 8.03. The minimum atomic E-state index is 0.227. The summed E-state index contributed by atoms with van der Waals surface area (Å²) < 4.78 is 0. The number of aliphatic imine (C=N–C) groups is 1. The molecule has 114 valence electrons. The van der Waals surface area contributed by atoms with E-state index >= 15 is 0 Å². The zero-order chi connectivity index (χ0) is 15.4. The normalized spacial score (nSPS) is 21.4. The van der Waals surface area contributed by atoms with Crippen LogP contribution >= 0.6 is 0 Å². The topological polar surface area (TPSA) is 49.2 Å². The fraction of sp³-hybridized carbons (Fsp3) is 0.316. The van der Waals surface area contributed by atoms with Crippen molar-refractivity contribution < 1.29 is 10.4 Å². The fourth-order valence-electron chi connectivity index (χ4n) is 3.13. The average Bonchev–Trinajstić information content (AvgIpc) is 2.56. The predicted octanol–water partition coefficient (Wildman–Crippen LogP) is 3.02. The Balaban J connectivity index is 1.92. The van der Waals surface area contributed by atoms with Gasteiger partial charge in [-0.05, 0) is 24.1 Å². The van der Waals surface area contributed by atoms with Crippen LogP contribution in [-0.2, 0) is 0 Å². The zero-order valence-electron chi connectivity index (χ0n) is 12.9. The summed E-state index contributed by atoms with van der Waals surface area (Å²) in [5, 5.41) is 12.5. The lowest BCUT2D eigenvalue weighted by atomic mass is 9.94. The average molecular weight is 295 g/mol. The Morgan fingerprint density at radius 2 is 1.82 bits per heavy atom. The number of rotatable bonds is 4. The maximum atomic E-state index is 10.2. The highest BCUT2D eigenvalue weighted by Gasteiger charge is 2.29. The first kappa shape index (κ1) is 14.8. The van der Waals surface area contributed by atoms with Crippen molar-refractivity contribution in [3.63, 3.8) is 0 Å². The van der Waals surface area contributed by atoms with Crippen LogP contribution in [0.2, 0.25) is 0 Å². The number of hydrogen-bond acceptors (Lipinski definition) is 2. The van der Waals surface area contributed by atoms with E-state index in [1.807, 2.05) is 24.3 Å². The van der Waals surface area contributed by atoms with Gasteiger partial charge in [-0.25, -0.2) is 4.99 Å². The highest BCUT2D eigenvalue weighted by atomic mass is 16.3. The van der Waals surface area contributed by atoms with Crippen LogP contribution in [0.5, 0.6) is 5.75 Å². The number of phenolic OH excluding ortho intramolecular Hbond substituents is 1. The van der Waals surface area contributed by atoms with E-state index in [9.17, 15) is 5.11 Å². The van der Waals surface area contributed by atoms with Gasteiger partial charge in [-0.2, -0.15) is 0 Å². The summed E-state index contributed by atoms with van der Waals surface area (Å²) in [5.41, 5.74) is 3.35. The Hall–Kier alpha value is -2.13. The van der Waals surface area contributed by atoms with Crippen LogP contribution in [0, 0.1) is 0 Å².